The quantitative estimate of drug-likeness (QED) is 0.730. The lowest BCUT2D eigenvalue weighted by molar-refractivity contribution is -0.0894. The van der Waals surface area contributed by atoms with Gasteiger partial charge in [0.2, 0.25) is 5.82 Å². The van der Waals surface area contributed by atoms with Crippen LogP contribution < -0.4 is 16.6 Å². The summed E-state index contributed by atoms with van der Waals surface area (Å²) in [5, 5.41) is 2.53. The number of hydrogen-bond donors (Lipinski definition) is 2. The molecule has 10 heteroatoms. The molecule has 9 nitrogen and oxygen atoms in total. The molecular formula is C16H24FN3O6. The van der Waals surface area contributed by atoms with Crippen LogP contribution in [0.2, 0.25) is 0 Å². The Morgan fingerprint density at radius 1 is 1.31 bits per heavy atom. The van der Waals surface area contributed by atoms with Gasteiger partial charge in [-0.2, -0.15) is 4.39 Å². The fraction of sp³-hybridized carbons (Fsp3) is 0.688. The number of aromatic amines is 1. The molecule has 0 aromatic carbocycles. The minimum absolute atomic E-state index is 0.0195. The van der Waals surface area contributed by atoms with E-state index < -0.39 is 23.1 Å². The highest BCUT2D eigenvalue weighted by atomic mass is 19.1. The number of amides is 1. The molecule has 146 valence electrons. The van der Waals surface area contributed by atoms with Gasteiger partial charge in [-0.1, -0.05) is 0 Å². The number of ether oxygens (including phenoxy) is 3. The Kier molecular flexibility index (Phi) is 7.06. The summed E-state index contributed by atoms with van der Waals surface area (Å²) in [6, 6.07) is -0.846. The van der Waals surface area contributed by atoms with Gasteiger partial charge in [0.25, 0.3) is 5.56 Å². The van der Waals surface area contributed by atoms with Crippen molar-refractivity contribution in [3.63, 3.8) is 0 Å². The van der Waals surface area contributed by atoms with Crippen LogP contribution in [0.25, 0.3) is 0 Å². The number of nitrogens with zero attached hydrogens (tertiary/aromatic N) is 1. The smallest absolute Gasteiger partial charge is 0.336 e. The number of carbonyl (C=O) groups excluding carboxylic acids is 1. The molecule has 1 aromatic heterocycles. The summed E-state index contributed by atoms with van der Waals surface area (Å²) in [6.45, 7) is 0.126. The van der Waals surface area contributed by atoms with Crippen LogP contribution >= 0.6 is 0 Å². The van der Waals surface area contributed by atoms with E-state index >= 15 is 0 Å². The summed E-state index contributed by atoms with van der Waals surface area (Å²) < 4.78 is 30.1. The number of rotatable bonds is 6. The normalized spacial score (nSPS) is 24.2. The van der Waals surface area contributed by atoms with E-state index in [1.165, 1.54) is 7.11 Å². The average molecular weight is 373 g/mol. The molecule has 1 aliphatic rings. The van der Waals surface area contributed by atoms with Crippen molar-refractivity contribution in [3.8, 4) is 0 Å². The Bertz CT molecular complexity index is 733. The zero-order chi connectivity index (χ0) is 19.3. The molecule has 2 rings (SSSR count). The van der Waals surface area contributed by atoms with Crippen LogP contribution in [0.1, 0.15) is 19.3 Å². The fourth-order valence-electron chi connectivity index (χ4n) is 3.30. The fourth-order valence-corrected chi connectivity index (χ4v) is 3.30. The lowest BCUT2D eigenvalue weighted by Gasteiger charge is -2.37. The van der Waals surface area contributed by atoms with Gasteiger partial charge in [0.1, 0.15) is 0 Å². The van der Waals surface area contributed by atoms with Crippen molar-refractivity contribution in [2.24, 2.45) is 5.92 Å². The van der Waals surface area contributed by atoms with Gasteiger partial charge in [0, 0.05) is 27.9 Å². The van der Waals surface area contributed by atoms with E-state index in [0.717, 1.165) is 12.8 Å². The molecule has 1 aromatic rings. The second kappa shape index (κ2) is 9.06. The second-order valence-electron chi connectivity index (χ2n) is 6.19. The number of aromatic nitrogens is 2. The van der Waals surface area contributed by atoms with Crippen molar-refractivity contribution in [1.29, 1.82) is 0 Å². The highest BCUT2D eigenvalue weighted by molar-refractivity contribution is 5.76. The summed E-state index contributed by atoms with van der Waals surface area (Å²) >= 11 is 0. The Morgan fingerprint density at radius 2 is 2.00 bits per heavy atom. The van der Waals surface area contributed by atoms with E-state index in [-0.39, 0.29) is 30.8 Å². The van der Waals surface area contributed by atoms with Gasteiger partial charge in [0.15, 0.2) is 0 Å². The highest BCUT2D eigenvalue weighted by Gasteiger charge is 2.34. The maximum Gasteiger partial charge on any atom is 0.336 e. The second-order valence-corrected chi connectivity index (χ2v) is 6.19. The predicted molar refractivity (Wildman–Crippen MR) is 89.8 cm³/mol. The molecule has 0 radical (unpaired) electrons. The van der Waals surface area contributed by atoms with Gasteiger partial charge in [-0.3, -0.25) is 9.78 Å². The minimum Gasteiger partial charge on any atom is -0.379 e. The number of halogens is 1. The maximum atomic E-state index is 13.3. The zero-order valence-electron chi connectivity index (χ0n) is 15.0. The first-order valence-corrected chi connectivity index (χ1v) is 8.29. The molecular weight excluding hydrogens is 349 g/mol. The minimum atomic E-state index is -1.22. The summed E-state index contributed by atoms with van der Waals surface area (Å²) in [7, 11) is 4.80. The van der Waals surface area contributed by atoms with E-state index in [9.17, 15) is 18.8 Å². The lowest BCUT2D eigenvalue weighted by atomic mass is 9.81. The number of nitrogens with one attached hydrogen (secondary N) is 2. The van der Waals surface area contributed by atoms with Crippen LogP contribution in [-0.2, 0) is 14.2 Å². The van der Waals surface area contributed by atoms with Crippen LogP contribution in [-0.4, -0.2) is 61.8 Å². The molecule has 0 saturated heterocycles. The van der Waals surface area contributed by atoms with Crippen molar-refractivity contribution in [3.05, 3.63) is 32.9 Å². The van der Waals surface area contributed by atoms with Crippen LogP contribution in [0.3, 0.4) is 0 Å². The van der Waals surface area contributed by atoms with E-state index in [4.69, 9.17) is 14.2 Å². The maximum absolute atomic E-state index is 13.3. The van der Waals surface area contributed by atoms with Crippen molar-refractivity contribution in [2.75, 3.05) is 27.9 Å². The first kappa shape index (κ1) is 20.3. The number of carbonyl (C=O) groups is 1. The molecule has 4 unspecified atom stereocenters. The summed E-state index contributed by atoms with van der Waals surface area (Å²) in [5.74, 6) is -1.09. The van der Waals surface area contributed by atoms with E-state index in [0.29, 0.717) is 17.2 Å². The van der Waals surface area contributed by atoms with Crippen LogP contribution in [0.4, 0.5) is 9.18 Å². The molecule has 4 atom stereocenters. The largest absolute Gasteiger partial charge is 0.379 e. The van der Waals surface area contributed by atoms with Crippen LogP contribution in [0, 0.1) is 11.7 Å². The molecule has 26 heavy (non-hydrogen) atoms. The van der Waals surface area contributed by atoms with Crippen molar-refractivity contribution < 1.29 is 23.4 Å². The molecule has 1 aliphatic carbocycles. The molecule has 0 bridgehead atoms. The Balaban J connectivity index is 2.00. The summed E-state index contributed by atoms with van der Waals surface area (Å²) in [6.07, 6.45) is 2.55. The molecule has 0 spiro atoms. The molecule has 1 heterocycles. The first-order chi connectivity index (χ1) is 12.4. The third-order valence-corrected chi connectivity index (χ3v) is 4.78. The van der Waals surface area contributed by atoms with E-state index in [2.05, 4.69) is 5.32 Å². The SMILES string of the molecule is COC(CNC(=O)n1cc(F)c(=O)[nH]c1=O)C1CCC(OC)C(OC)C1. The highest BCUT2D eigenvalue weighted by Crippen LogP contribution is 2.31. The first-order valence-electron chi connectivity index (χ1n) is 8.29. The number of methoxy groups -OCH3 is 3. The van der Waals surface area contributed by atoms with Gasteiger partial charge < -0.3 is 19.5 Å². The Morgan fingerprint density at radius 3 is 2.62 bits per heavy atom. The monoisotopic (exact) mass is 373 g/mol. The van der Waals surface area contributed by atoms with Gasteiger partial charge >= 0.3 is 11.7 Å². The van der Waals surface area contributed by atoms with Gasteiger partial charge in [0.05, 0.1) is 24.5 Å². The van der Waals surface area contributed by atoms with E-state index in [1.54, 1.807) is 19.2 Å². The van der Waals surface area contributed by atoms with Crippen LogP contribution in [0.5, 0.6) is 0 Å². The zero-order valence-corrected chi connectivity index (χ0v) is 15.0. The standard InChI is InChI=1S/C16H24FN3O6/c1-24-11-5-4-9(6-12(11)25-2)13(26-3)7-18-15(22)20-8-10(17)14(21)19-16(20)23/h8-9,11-13H,4-7H2,1-3H3,(H,18,22)(H,19,21,23). The third-order valence-electron chi connectivity index (χ3n) is 4.78. The molecule has 2 N–H and O–H groups in total. The Hall–Kier alpha value is -2.04. The van der Waals surface area contributed by atoms with Crippen molar-refractivity contribution in [1.82, 2.24) is 14.9 Å². The Labute approximate surface area is 149 Å². The van der Waals surface area contributed by atoms with Crippen molar-refractivity contribution in [2.45, 2.75) is 37.6 Å². The van der Waals surface area contributed by atoms with Gasteiger partial charge in [-0.05, 0) is 25.2 Å². The third kappa shape index (κ3) is 4.57. The number of H-pyrrole nitrogens is 1. The predicted octanol–water partition coefficient (Wildman–Crippen LogP) is 0.0785. The summed E-state index contributed by atoms with van der Waals surface area (Å²) in [4.78, 5) is 36.5. The topological polar surface area (TPSA) is 112 Å². The number of hydrogen-bond acceptors (Lipinski definition) is 6. The molecule has 1 fully saturated rings. The average Bonchev–Trinajstić information content (AvgIpc) is 2.64. The van der Waals surface area contributed by atoms with E-state index in [1.807, 2.05) is 0 Å². The van der Waals surface area contributed by atoms with Crippen molar-refractivity contribution >= 4 is 6.03 Å². The van der Waals surface area contributed by atoms with Crippen LogP contribution in [0.15, 0.2) is 15.8 Å². The molecule has 1 amide bonds. The lowest BCUT2D eigenvalue weighted by Crippen LogP contribution is -2.47. The molecule has 0 aliphatic heterocycles. The summed E-state index contributed by atoms with van der Waals surface area (Å²) in [5.41, 5.74) is -2.18. The molecule has 1 saturated carbocycles. The van der Waals surface area contributed by atoms with Gasteiger partial charge in [-0.15, -0.1) is 0 Å². The van der Waals surface area contributed by atoms with Gasteiger partial charge in [-0.25, -0.2) is 14.2 Å².